The minimum Gasteiger partial charge on any atom is -0.381 e. The van der Waals surface area contributed by atoms with Gasteiger partial charge in [-0.1, -0.05) is 25.7 Å². The van der Waals surface area contributed by atoms with E-state index in [4.69, 9.17) is 10.5 Å². The molecule has 0 aromatic carbocycles. The molecule has 0 radical (unpaired) electrons. The van der Waals surface area contributed by atoms with Crippen LogP contribution in [0.5, 0.6) is 0 Å². The van der Waals surface area contributed by atoms with Crippen molar-refractivity contribution in [2.45, 2.75) is 25.7 Å². The van der Waals surface area contributed by atoms with Crippen LogP contribution in [0.15, 0.2) is 0 Å². The molecule has 1 aliphatic carbocycles. The van der Waals surface area contributed by atoms with Crippen molar-refractivity contribution in [1.29, 1.82) is 0 Å². The first-order valence-electron chi connectivity index (χ1n) is 5.19. The van der Waals surface area contributed by atoms with Crippen LogP contribution in [0.4, 0.5) is 0 Å². The first-order chi connectivity index (χ1) is 5.92. The summed E-state index contributed by atoms with van der Waals surface area (Å²) in [5.41, 5.74) is 5.71. The fourth-order valence-corrected chi connectivity index (χ4v) is 2.76. The molecule has 70 valence electrons. The van der Waals surface area contributed by atoms with Crippen LogP contribution in [0.2, 0.25) is 0 Å². The number of nitrogens with two attached hydrogens (primary N) is 1. The Morgan fingerprint density at radius 1 is 1.17 bits per heavy atom. The Morgan fingerprint density at radius 2 is 1.92 bits per heavy atom. The van der Waals surface area contributed by atoms with E-state index in [-0.39, 0.29) is 0 Å². The highest BCUT2D eigenvalue weighted by Crippen LogP contribution is 2.37. The predicted octanol–water partition coefficient (Wildman–Crippen LogP) is 1.40. The molecule has 2 unspecified atom stereocenters. The van der Waals surface area contributed by atoms with Crippen molar-refractivity contribution in [1.82, 2.24) is 0 Å². The number of hydrogen-bond acceptors (Lipinski definition) is 2. The van der Waals surface area contributed by atoms with Gasteiger partial charge >= 0.3 is 0 Å². The van der Waals surface area contributed by atoms with E-state index in [1.165, 1.54) is 25.7 Å². The van der Waals surface area contributed by atoms with Gasteiger partial charge in [0, 0.05) is 0 Å². The lowest BCUT2D eigenvalue weighted by Gasteiger charge is -2.21. The smallest absolute Gasteiger partial charge is 0.0510 e. The third-order valence-corrected chi connectivity index (χ3v) is 3.56. The monoisotopic (exact) mass is 169 g/mol. The fourth-order valence-electron chi connectivity index (χ4n) is 2.76. The lowest BCUT2D eigenvalue weighted by atomic mass is 9.83. The first-order valence-corrected chi connectivity index (χ1v) is 5.19. The van der Waals surface area contributed by atoms with E-state index in [2.05, 4.69) is 0 Å². The van der Waals surface area contributed by atoms with Gasteiger partial charge in [0.2, 0.25) is 0 Å². The maximum absolute atomic E-state index is 5.71. The maximum Gasteiger partial charge on any atom is 0.0510 e. The second kappa shape index (κ2) is 3.75. The van der Waals surface area contributed by atoms with Crippen molar-refractivity contribution in [2.75, 3.05) is 19.8 Å². The highest BCUT2D eigenvalue weighted by atomic mass is 16.5. The highest BCUT2D eigenvalue weighted by Gasteiger charge is 2.34. The van der Waals surface area contributed by atoms with Crippen LogP contribution in [0, 0.1) is 17.8 Å². The highest BCUT2D eigenvalue weighted by molar-refractivity contribution is 4.84. The minimum atomic E-state index is 0.660. The van der Waals surface area contributed by atoms with Gasteiger partial charge in [-0.2, -0.15) is 0 Å². The lowest BCUT2D eigenvalue weighted by Crippen LogP contribution is -2.26. The number of ether oxygens (including phenoxy) is 1. The summed E-state index contributed by atoms with van der Waals surface area (Å²) in [6.45, 7) is 2.71. The van der Waals surface area contributed by atoms with Crippen molar-refractivity contribution in [3.05, 3.63) is 0 Å². The molecular formula is C10H19NO. The van der Waals surface area contributed by atoms with Gasteiger partial charge in [0.25, 0.3) is 0 Å². The van der Waals surface area contributed by atoms with Crippen LogP contribution in [0.1, 0.15) is 25.7 Å². The molecule has 0 amide bonds. The maximum atomic E-state index is 5.71. The summed E-state index contributed by atoms with van der Waals surface area (Å²) < 4.78 is 5.49. The summed E-state index contributed by atoms with van der Waals surface area (Å²) in [4.78, 5) is 0. The molecule has 2 heteroatoms. The molecule has 12 heavy (non-hydrogen) atoms. The van der Waals surface area contributed by atoms with Gasteiger partial charge in [0.15, 0.2) is 0 Å². The van der Waals surface area contributed by atoms with Crippen LogP contribution in [0.25, 0.3) is 0 Å². The van der Waals surface area contributed by atoms with Gasteiger partial charge in [0.1, 0.15) is 0 Å². The van der Waals surface area contributed by atoms with Crippen LogP contribution in [-0.2, 0) is 4.74 Å². The third kappa shape index (κ3) is 1.50. The van der Waals surface area contributed by atoms with E-state index in [9.17, 15) is 0 Å². The summed E-state index contributed by atoms with van der Waals surface area (Å²) in [5, 5.41) is 0. The average molecular weight is 169 g/mol. The fraction of sp³-hybridized carbons (Fsp3) is 1.00. The van der Waals surface area contributed by atoms with Gasteiger partial charge in [0.05, 0.1) is 13.2 Å². The van der Waals surface area contributed by atoms with E-state index in [0.717, 1.165) is 31.6 Å². The van der Waals surface area contributed by atoms with Crippen LogP contribution < -0.4 is 5.73 Å². The van der Waals surface area contributed by atoms with E-state index in [1.54, 1.807) is 0 Å². The van der Waals surface area contributed by atoms with E-state index < -0.39 is 0 Å². The standard InChI is InChI=1S/C10H19NO/c11-5-9-6-12-7-10(9)8-3-1-2-4-8/h8-10H,1-7,11H2. The molecule has 2 aliphatic rings. The van der Waals surface area contributed by atoms with E-state index in [0.29, 0.717) is 5.92 Å². The lowest BCUT2D eigenvalue weighted by molar-refractivity contribution is 0.171. The molecule has 0 aromatic rings. The second-order valence-corrected chi connectivity index (χ2v) is 4.24. The van der Waals surface area contributed by atoms with Gasteiger partial charge < -0.3 is 10.5 Å². The Bertz CT molecular complexity index is 143. The molecule has 0 spiro atoms. The zero-order valence-electron chi connectivity index (χ0n) is 7.67. The summed E-state index contributed by atoms with van der Waals surface area (Å²) in [6.07, 6.45) is 5.70. The molecule has 1 saturated heterocycles. The number of rotatable bonds is 2. The Labute approximate surface area is 74.5 Å². The summed E-state index contributed by atoms with van der Waals surface area (Å²) in [6, 6.07) is 0. The van der Waals surface area contributed by atoms with Crippen molar-refractivity contribution < 1.29 is 4.74 Å². The molecule has 1 heterocycles. The molecule has 0 aromatic heterocycles. The zero-order valence-corrected chi connectivity index (χ0v) is 7.67. The van der Waals surface area contributed by atoms with Crippen molar-refractivity contribution in [3.63, 3.8) is 0 Å². The van der Waals surface area contributed by atoms with Crippen LogP contribution in [-0.4, -0.2) is 19.8 Å². The topological polar surface area (TPSA) is 35.2 Å². The summed E-state index contributed by atoms with van der Waals surface area (Å²) in [7, 11) is 0. The molecule has 0 bridgehead atoms. The molecule has 2 N–H and O–H groups in total. The van der Waals surface area contributed by atoms with Gasteiger partial charge in [-0.05, 0) is 24.3 Å². The average Bonchev–Trinajstić information content (AvgIpc) is 2.74. The minimum absolute atomic E-state index is 0.660. The normalized spacial score (nSPS) is 37.8. The zero-order chi connectivity index (χ0) is 8.39. The Morgan fingerprint density at radius 3 is 2.58 bits per heavy atom. The summed E-state index contributed by atoms with van der Waals surface area (Å²) >= 11 is 0. The second-order valence-electron chi connectivity index (χ2n) is 4.24. The van der Waals surface area contributed by atoms with Crippen molar-refractivity contribution in [2.24, 2.45) is 23.5 Å². The Kier molecular flexibility index (Phi) is 2.66. The SMILES string of the molecule is NCC1COCC1C1CCCC1. The number of hydrogen-bond donors (Lipinski definition) is 1. The molecule has 2 fully saturated rings. The van der Waals surface area contributed by atoms with Gasteiger partial charge in [-0.15, -0.1) is 0 Å². The Hall–Kier alpha value is -0.0800. The van der Waals surface area contributed by atoms with Gasteiger partial charge in [-0.25, -0.2) is 0 Å². The van der Waals surface area contributed by atoms with Gasteiger partial charge in [-0.3, -0.25) is 0 Å². The largest absolute Gasteiger partial charge is 0.381 e. The van der Waals surface area contributed by atoms with E-state index >= 15 is 0 Å². The van der Waals surface area contributed by atoms with Crippen molar-refractivity contribution in [3.8, 4) is 0 Å². The summed E-state index contributed by atoms with van der Waals surface area (Å²) in [5.74, 6) is 2.38. The van der Waals surface area contributed by atoms with Crippen molar-refractivity contribution >= 4 is 0 Å². The molecule has 1 aliphatic heterocycles. The Balaban J connectivity index is 1.92. The quantitative estimate of drug-likeness (QED) is 0.678. The van der Waals surface area contributed by atoms with Crippen LogP contribution >= 0.6 is 0 Å². The predicted molar refractivity (Wildman–Crippen MR) is 48.8 cm³/mol. The molecule has 2 nitrogen and oxygen atoms in total. The molecule has 2 atom stereocenters. The molecular weight excluding hydrogens is 150 g/mol. The molecule has 1 saturated carbocycles. The van der Waals surface area contributed by atoms with Crippen LogP contribution in [0.3, 0.4) is 0 Å². The third-order valence-electron chi connectivity index (χ3n) is 3.56. The first kappa shape index (κ1) is 8.52. The molecule has 2 rings (SSSR count). The van der Waals surface area contributed by atoms with E-state index in [1.807, 2.05) is 0 Å².